The Labute approximate surface area is 394 Å². The van der Waals surface area contributed by atoms with Crippen LogP contribution in [0.4, 0.5) is 0 Å². The molecule has 66 heavy (non-hydrogen) atoms. The summed E-state index contributed by atoms with van der Waals surface area (Å²) in [4.78, 5) is 16.2. The van der Waals surface area contributed by atoms with Crippen LogP contribution in [-0.2, 0) is 0 Å². The van der Waals surface area contributed by atoms with Gasteiger partial charge in [0.25, 0.3) is 0 Å². The van der Waals surface area contributed by atoms with Crippen molar-refractivity contribution in [2.45, 2.75) is 0 Å². The number of hydrogen-bond donors (Lipinski definition) is 0. The molecule has 3 heterocycles. The molecule has 0 saturated heterocycles. The molecule has 0 aliphatic heterocycles. The van der Waals surface area contributed by atoms with E-state index < -0.39 is 0 Å². The molecular weight excluding hydrogens is 793 g/mol. The molecule has 0 saturated carbocycles. The SMILES string of the molecule is Bc1c(B)c(B)c(-c2nc(-c3c(B)c(B)c(B)c(B)c3B)nc(-c3cccc4oc5ccc(-c6ccc7c(c6)c6ccccc6n7-c6ccc(-c7ccccc7)cc6)cc5c34)n2)c(B)c1B. The fourth-order valence-electron chi connectivity index (χ4n) is 10.4. The molecule has 0 aliphatic rings. The smallest absolute Gasteiger partial charge is 0.164 e. The van der Waals surface area contributed by atoms with Gasteiger partial charge in [-0.05, 0) is 70.8 Å². The Morgan fingerprint density at radius 1 is 0.348 bits per heavy atom. The van der Waals surface area contributed by atoms with Crippen molar-refractivity contribution in [3.63, 3.8) is 0 Å². The van der Waals surface area contributed by atoms with Gasteiger partial charge in [0, 0.05) is 43.9 Å². The van der Waals surface area contributed by atoms with E-state index in [1.807, 2.05) is 0 Å². The molecule has 302 valence electrons. The average molecular weight is 835 g/mol. The van der Waals surface area contributed by atoms with Crippen molar-refractivity contribution in [2.24, 2.45) is 0 Å². The maximum absolute atomic E-state index is 6.64. The van der Waals surface area contributed by atoms with E-state index in [1.165, 1.54) is 87.6 Å². The summed E-state index contributed by atoms with van der Waals surface area (Å²) in [5.41, 5.74) is 25.3. The highest BCUT2D eigenvalue weighted by molar-refractivity contribution is 6.70. The topological polar surface area (TPSA) is 56.7 Å². The second kappa shape index (κ2) is 15.9. The Balaban J connectivity index is 1.09. The van der Waals surface area contributed by atoms with E-state index >= 15 is 0 Å². The van der Waals surface area contributed by atoms with E-state index in [9.17, 15) is 0 Å². The second-order valence-electron chi connectivity index (χ2n) is 18.3. The van der Waals surface area contributed by atoms with Crippen LogP contribution >= 0.6 is 0 Å². The monoisotopic (exact) mass is 836 g/mol. The van der Waals surface area contributed by atoms with Crippen molar-refractivity contribution in [3.8, 4) is 62.1 Å². The first-order valence-corrected chi connectivity index (χ1v) is 23.0. The van der Waals surface area contributed by atoms with Crippen LogP contribution in [0.15, 0.2) is 138 Å². The summed E-state index contributed by atoms with van der Waals surface area (Å²) >= 11 is 0. The minimum Gasteiger partial charge on any atom is -0.456 e. The van der Waals surface area contributed by atoms with Crippen molar-refractivity contribution >= 4 is 177 Å². The lowest BCUT2D eigenvalue weighted by Gasteiger charge is -2.22. The number of furan rings is 1. The molecule has 11 aromatic rings. The standard InChI is InChI=1S/C51H42B10N4O/c52-39-37(40(53)44(57)47(60)43(39)56)50-62-49(63-51(64-50)38-41(54)45(58)48(61)46(59)42(38)55)29-10-6-12-35-36(29)31-22-26(16-20-34(31)66-35)25-15-19-33-30(21-25)28-9-4-5-11-32(28)65(33)27-17-13-24(14-18-27)23-7-2-1-3-8-23/h1-22H,52-61H2. The van der Waals surface area contributed by atoms with Crippen LogP contribution in [0.25, 0.3) is 106 Å². The van der Waals surface area contributed by atoms with Crippen molar-refractivity contribution in [2.75, 3.05) is 0 Å². The van der Waals surface area contributed by atoms with Gasteiger partial charge in [0.05, 0.1) is 11.0 Å². The van der Waals surface area contributed by atoms with Gasteiger partial charge < -0.3 is 8.98 Å². The fraction of sp³-hybridized carbons (Fsp3) is 0. The van der Waals surface area contributed by atoms with Crippen molar-refractivity contribution in [1.82, 2.24) is 19.5 Å². The zero-order valence-corrected chi connectivity index (χ0v) is 39.4. The minimum atomic E-state index is 0.629. The predicted octanol–water partition coefficient (Wildman–Crippen LogP) is -4.21. The maximum Gasteiger partial charge on any atom is 0.164 e. The van der Waals surface area contributed by atoms with Gasteiger partial charge in [-0.15, -0.1) is 32.8 Å². The van der Waals surface area contributed by atoms with E-state index in [1.54, 1.807) is 0 Å². The van der Waals surface area contributed by atoms with Crippen molar-refractivity contribution in [3.05, 3.63) is 133 Å². The minimum absolute atomic E-state index is 0.629. The highest BCUT2D eigenvalue weighted by atomic mass is 16.3. The Hall–Kier alpha value is -6.98. The molecule has 0 N–H and O–H groups in total. The first kappa shape index (κ1) is 41.7. The second-order valence-corrected chi connectivity index (χ2v) is 18.3. The average Bonchev–Trinajstić information content (AvgIpc) is 3.89. The van der Waals surface area contributed by atoms with Gasteiger partial charge in [0.1, 0.15) is 89.6 Å². The molecule has 0 radical (unpaired) electrons. The van der Waals surface area contributed by atoms with Gasteiger partial charge in [0.2, 0.25) is 0 Å². The molecule has 15 heteroatoms. The Morgan fingerprint density at radius 2 is 0.833 bits per heavy atom. The van der Waals surface area contributed by atoms with Crippen LogP contribution in [0, 0.1) is 0 Å². The molecule has 0 spiro atoms. The maximum atomic E-state index is 6.64. The summed E-state index contributed by atoms with van der Waals surface area (Å²) in [5.74, 6) is 2.01. The van der Waals surface area contributed by atoms with E-state index in [-0.39, 0.29) is 0 Å². The van der Waals surface area contributed by atoms with E-state index in [0.717, 1.165) is 55.4 Å². The summed E-state index contributed by atoms with van der Waals surface area (Å²) in [5, 5.41) is 4.43. The molecule has 0 unspecified atom stereocenters. The number of hydrogen-bond acceptors (Lipinski definition) is 4. The molecular formula is C51H42B10N4O. The number of nitrogens with zero attached hydrogens (tertiary/aromatic N) is 4. The lowest BCUT2D eigenvalue weighted by atomic mass is 9.60. The largest absolute Gasteiger partial charge is 0.456 e. The predicted molar refractivity (Wildman–Crippen MR) is 310 cm³/mol. The number of rotatable bonds is 6. The van der Waals surface area contributed by atoms with Crippen LogP contribution in [0.2, 0.25) is 0 Å². The number of fused-ring (bicyclic) bond motifs is 6. The lowest BCUT2D eigenvalue weighted by molar-refractivity contribution is 0.669. The summed E-state index contributed by atoms with van der Waals surface area (Å²) < 4.78 is 9.02. The molecule has 0 amide bonds. The fourth-order valence-corrected chi connectivity index (χ4v) is 10.4. The van der Waals surface area contributed by atoms with Gasteiger partial charge in [-0.3, -0.25) is 0 Å². The van der Waals surface area contributed by atoms with Crippen molar-refractivity contribution < 1.29 is 4.42 Å². The molecule has 0 aliphatic carbocycles. The van der Waals surface area contributed by atoms with Gasteiger partial charge in [-0.25, -0.2) is 15.0 Å². The quantitative estimate of drug-likeness (QED) is 0.160. The van der Waals surface area contributed by atoms with E-state index in [2.05, 4.69) is 216 Å². The van der Waals surface area contributed by atoms with Crippen LogP contribution in [0.3, 0.4) is 0 Å². The van der Waals surface area contributed by atoms with E-state index in [4.69, 9.17) is 19.4 Å². The third-order valence-corrected chi connectivity index (χ3v) is 15.1. The highest BCUT2D eigenvalue weighted by Gasteiger charge is 2.24. The number of aromatic nitrogens is 4. The van der Waals surface area contributed by atoms with Crippen LogP contribution in [0.1, 0.15) is 0 Å². The zero-order valence-electron chi connectivity index (χ0n) is 39.4. The Morgan fingerprint density at radius 3 is 1.45 bits per heavy atom. The van der Waals surface area contributed by atoms with Gasteiger partial charge in [-0.2, -0.15) is 0 Å². The first-order chi connectivity index (χ1) is 31.9. The summed E-state index contributed by atoms with van der Waals surface area (Å²) in [6.07, 6.45) is 0. The number of benzene rings is 8. The molecule has 5 nitrogen and oxygen atoms in total. The molecule has 11 rings (SSSR count). The summed E-state index contributed by atoms with van der Waals surface area (Å²) in [7, 11) is 22.1. The highest BCUT2D eigenvalue weighted by Crippen LogP contribution is 2.40. The Bertz CT molecular complexity index is 3690. The van der Waals surface area contributed by atoms with E-state index in [0.29, 0.717) is 17.5 Å². The normalized spacial score (nSPS) is 11.6. The molecule has 0 bridgehead atoms. The zero-order chi connectivity index (χ0) is 45.7. The summed E-state index contributed by atoms with van der Waals surface area (Å²) in [6, 6.07) is 47.8. The molecule has 8 aromatic carbocycles. The molecule has 0 fully saturated rings. The Kier molecular flexibility index (Phi) is 10.0. The van der Waals surface area contributed by atoms with Crippen LogP contribution < -0.4 is 54.6 Å². The van der Waals surface area contributed by atoms with Gasteiger partial charge in [0.15, 0.2) is 17.5 Å². The molecule has 0 atom stereocenters. The van der Waals surface area contributed by atoms with Gasteiger partial charge >= 0.3 is 0 Å². The molecule has 3 aromatic heterocycles. The summed E-state index contributed by atoms with van der Waals surface area (Å²) in [6.45, 7) is 0. The van der Waals surface area contributed by atoms with Crippen molar-refractivity contribution in [1.29, 1.82) is 0 Å². The third kappa shape index (κ3) is 6.49. The number of para-hydroxylation sites is 1. The third-order valence-electron chi connectivity index (χ3n) is 15.1. The first-order valence-electron chi connectivity index (χ1n) is 23.0. The van der Waals surface area contributed by atoms with Crippen LogP contribution in [0.5, 0.6) is 0 Å². The van der Waals surface area contributed by atoms with Gasteiger partial charge in [-0.1, -0.05) is 107 Å². The van der Waals surface area contributed by atoms with Crippen LogP contribution in [-0.4, -0.2) is 98.0 Å². The lowest BCUT2D eigenvalue weighted by Crippen LogP contribution is -2.55.